The average Bonchev–Trinajstić information content (AvgIpc) is 2.71. The number of anilines is 1. The normalized spacial score (nSPS) is 19.6. The van der Waals surface area contributed by atoms with Crippen LogP contribution in [-0.2, 0) is 0 Å². The van der Waals surface area contributed by atoms with Crippen molar-refractivity contribution in [3.05, 3.63) is 48.8 Å². The van der Waals surface area contributed by atoms with Crippen LogP contribution in [0.1, 0.15) is 12.0 Å². The Labute approximate surface area is 95.3 Å². The summed E-state index contributed by atoms with van der Waals surface area (Å²) >= 11 is 0. The van der Waals surface area contributed by atoms with Gasteiger partial charge in [0, 0.05) is 18.4 Å². The number of rotatable bonds is 2. The molecule has 1 unspecified atom stereocenters. The first-order valence-electron chi connectivity index (χ1n) is 5.18. The van der Waals surface area contributed by atoms with Gasteiger partial charge in [0.15, 0.2) is 0 Å². The van der Waals surface area contributed by atoms with Gasteiger partial charge in [0.2, 0.25) is 0 Å². The molecule has 1 aliphatic heterocycles. The molecule has 0 N–H and O–H groups in total. The van der Waals surface area contributed by atoms with Crippen LogP contribution in [0.15, 0.2) is 43.3 Å². The Kier molecular flexibility index (Phi) is 2.74. The molecular formula is C13H13N3. The molecule has 1 saturated heterocycles. The summed E-state index contributed by atoms with van der Waals surface area (Å²) in [5.41, 5.74) is 1.64. The fourth-order valence-electron chi connectivity index (χ4n) is 1.87. The van der Waals surface area contributed by atoms with E-state index in [-0.39, 0.29) is 0 Å². The second kappa shape index (κ2) is 4.19. The lowest BCUT2D eigenvalue weighted by Crippen LogP contribution is -2.18. The second-order valence-corrected chi connectivity index (χ2v) is 3.89. The lowest BCUT2D eigenvalue weighted by molar-refractivity contribution is 0.748. The molecule has 0 radical (unpaired) electrons. The van der Waals surface area contributed by atoms with E-state index in [1.807, 2.05) is 12.1 Å². The van der Waals surface area contributed by atoms with Crippen molar-refractivity contribution in [2.45, 2.75) is 6.42 Å². The number of hydrogen-bond donors (Lipinski definition) is 0. The van der Waals surface area contributed by atoms with E-state index < -0.39 is 0 Å². The first kappa shape index (κ1) is 10.4. The minimum Gasteiger partial charge on any atom is -0.330 e. The van der Waals surface area contributed by atoms with E-state index in [1.165, 1.54) is 0 Å². The van der Waals surface area contributed by atoms with Gasteiger partial charge in [0.1, 0.15) is 11.9 Å². The van der Waals surface area contributed by atoms with Crippen LogP contribution < -0.4 is 4.90 Å². The zero-order chi connectivity index (χ0) is 11.5. The molecule has 1 atom stereocenters. The van der Waals surface area contributed by atoms with E-state index in [9.17, 15) is 0 Å². The summed E-state index contributed by atoms with van der Waals surface area (Å²) in [7, 11) is 0. The van der Waals surface area contributed by atoms with E-state index in [0.717, 1.165) is 24.5 Å². The maximum atomic E-state index is 8.69. The number of hydrogen-bond acceptors (Lipinski definition) is 3. The Bertz CT molecular complexity index is 453. The highest BCUT2D eigenvalue weighted by Gasteiger charge is 2.24. The minimum absolute atomic E-state index is 0.449. The zero-order valence-electron chi connectivity index (χ0n) is 9.06. The first-order valence-corrected chi connectivity index (χ1v) is 5.18. The Morgan fingerprint density at radius 2 is 2.38 bits per heavy atom. The molecule has 2 rings (SSSR count). The van der Waals surface area contributed by atoms with Crippen molar-refractivity contribution in [3.8, 4) is 6.07 Å². The topological polar surface area (TPSA) is 39.9 Å². The maximum absolute atomic E-state index is 8.69. The highest BCUT2D eigenvalue weighted by atomic mass is 15.2. The fourth-order valence-corrected chi connectivity index (χ4v) is 1.87. The molecule has 1 aromatic heterocycles. The molecule has 1 aliphatic rings. The molecule has 3 heteroatoms. The summed E-state index contributed by atoms with van der Waals surface area (Å²) in [5.74, 6) is 1.30. The van der Waals surface area contributed by atoms with Gasteiger partial charge in [-0.3, -0.25) is 0 Å². The fraction of sp³-hybridized carbons (Fsp3) is 0.231. The number of nitrogens with zero attached hydrogens (tertiary/aromatic N) is 3. The van der Waals surface area contributed by atoms with Gasteiger partial charge >= 0.3 is 0 Å². The Hall–Kier alpha value is -2.08. The lowest BCUT2D eigenvalue weighted by atomic mass is 10.1. The van der Waals surface area contributed by atoms with E-state index in [4.69, 9.17) is 5.26 Å². The third kappa shape index (κ3) is 1.82. The van der Waals surface area contributed by atoms with Crippen molar-refractivity contribution in [2.75, 3.05) is 11.4 Å². The van der Waals surface area contributed by atoms with Gasteiger partial charge < -0.3 is 4.90 Å². The van der Waals surface area contributed by atoms with Crippen molar-refractivity contribution in [1.82, 2.24) is 4.98 Å². The third-order valence-corrected chi connectivity index (χ3v) is 2.78. The highest BCUT2D eigenvalue weighted by molar-refractivity contribution is 5.49. The smallest absolute Gasteiger partial charge is 0.132 e. The van der Waals surface area contributed by atoms with Crippen molar-refractivity contribution >= 4 is 5.82 Å². The molecule has 0 saturated carbocycles. The average molecular weight is 211 g/mol. The number of aromatic nitrogens is 1. The van der Waals surface area contributed by atoms with Gasteiger partial charge in [0.25, 0.3) is 0 Å². The van der Waals surface area contributed by atoms with Crippen LogP contribution in [-0.4, -0.2) is 11.5 Å². The third-order valence-electron chi connectivity index (χ3n) is 2.78. The Morgan fingerprint density at radius 1 is 1.56 bits per heavy atom. The van der Waals surface area contributed by atoms with E-state index >= 15 is 0 Å². The van der Waals surface area contributed by atoms with Crippen LogP contribution in [0, 0.1) is 17.2 Å². The van der Waals surface area contributed by atoms with Gasteiger partial charge in [-0.2, -0.15) is 5.26 Å². The highest BCUT2D eigenvalue weighted by Crippen LogP contribution is 2.29. The molecule has 80 valence electrons. The number of nitriles is 1. The predicted molar refractivity (Wildman–Crippen MR) is 63.7 cm³/mol. The SMILES string of the molecule is C=CC1CC(=C)N(c2ccc(C#N)cn2)C1. The molecule has 0 aromatic carbocycles. The molecule has 0 spiro atoms. The van der Waals surface area contributed by atoms with Gasteiger partial charge in [0.05, 0.1) is 5.56 Å². The zero-order valence-corrected chi connectivity index (χ0v) is 9.06. The van der Waals surface area contributed by atoms with Crippen LogP contribution in [0.2, 0.25) is 0 Å². The monoisotopic (exact) mass is 211 g/mol. The van der Waals surface area contributed by atoms with Crippen LogP contribution in [0.4, 0.5) is 5.82 Å². The molecular weight excluding hydrogens is 198 g/mol. The van der Waals surface area contributed by atoms with Crippen molar-refractivity contribution in [1.29, 1.82) is 5.26 Å². The van der Waals surface area contributed by atoms with E-state index in [2.05, 4.69) is 29.1 Å². The Balaban J connectivity index is 2.22. The molecule has 2 heterocycles. The van der Waals surface area contributed by atoms with Crippen LogP contribution in [0.5, 0.6) is 0 Å². The van der Waals surface area contributed by atoms with Crippen LogP contribution >= 0.6 is 0 Å². The molecule has 0 amide bonds. The van der Waals surface area contributed by atoms with Gasteiger partial charge in [-0.05, 0) is 24.5 Å². The lowest BCUT2D eigenvalue weighted by Gasteiger charge is -2.17. The number of allylic oxidation sites excluding steroid dienone is 1. The summed E-state index contributed by atoms with van der Waals surface area (Å²) in [6, 6.07) is 5.69. The van der Waals surface area contributed by atoms with Crippen LogP contribution in [0.3, 0.4) is 0 Å². The molecule has 16 heavy (non-hydrogen) atoms. The summed E-state index contributed by atoms with van der Waals surface area (Å²) in [6.45, 7) is 8.70. The minimum atomic E-state index is 0.449. The van der Waals surface area contributed by atoms with Gasteiger partial charge in [-0.15, -0.1) is 6.58 Å². The quantitative estimate of drug-likeness (QED) is 0.705. The van der Waals surface area contributed by atoms with Crippen molar-refractivity contribution in [3.63, 3.8) is 0 Å². The standard InChI is InChI=1S/C13H13N3/c1-3-11-6-10(2)16(9-11)13-5-4-12(7-14)8-15-13/h3-5,8,11H,1-2,6,9H2. The summed E-state index contributed by atoms with van der Waals surface area (Å²) < 4.78 is 0. The summed E-state index contributed by atoms with van der Waals surface area (Å²) in [6.07, 6.45) is 4.48. The first-order chi connectivity index (χ1) is 7.74. The Morgan fingerprint density at radius 3 is 2.88 bits per heavy atom. The van der Waals surface area contributed by atoms with E-state index in [0.29, 0.717) is 11.5 Å². The summed E-state index contributed by atoms with van der Waals surface area (Å²) in [5, 5.41) is 8.69. The van der Waals surface area contributed by atoms with Gasteiger partial charge in [-0.25, -0.2) is 4.98 Å². The second-order valence-electron chi connectivity index (χ2n) is 3.89. The van der Waals surface area contributed by atoms with E-state index in [1.54, 1.807) is 12.3 Å². The molecule has 0 bridgehead atoms. The molecule has 1 fully saturated rings. The maximum Gasteiger partial charge on any atom is 0.132 e. The van der Waals surface area contributed by atoms with Gasteiger partial charge in [-0.1, -0.05) is 12.7 Å². The van der Waals surface area contributed by atoms with Crippen molar-refractivity contribution < 1.29 is 0 Å². The summed E-state index contributed by atoms with van der Waals surface area (Å²) in [4.78, 5) is 6.34. The number of pyridine rings is 1. The molecule has 1 aromatic rings. The molecule has 3 nitrogen and oxygen atoms in total. The van der Waals surface area contributed by atoms with Crippen molar-refractivity contribution in [2.24, 2.45) is 5.92 Å². The predicted octanol–water partition coefficient (Wildman–Crippen LogP) is 2.48. The largest absolute Gasteiger partial charge is 0.330 e. The van der Waals surface area contributed by atoms with Crippen LogP contribution in [0.25, 0.3) is 0 Å². The molecule has 0 aliphatic carbocycles.